The molecular weight excluding hydrogens is 286 g/mol. The summed E-state index contributed by atoms with van der Waals surface area (Å²) < 4.78 is 15.6. The second-order valence-electron chi connectivity index (χ2n) is 4.86. The maximum Gasteiger partial charge on any atom is 0.230 e. The molecule has 1 aromatic rings. The predicted octanol–water partition coefficient (Wildman–Crippen LogP) is 0.395. The van der Waals surface area contributed by atoms with E-state index in [-0.39, 0.29) is 6.79 Å². The van der Waals surface area contributed by atoms with Crippen LogP contribution in [0.1, 0.15) is 11.4 Å². The number of rotatable bonds is 5. The number of anilines is 1. The summed E-state index contributed by atoms with van der Waals surface area (Å²) in [6.45, 7) is 5.13. The number of nitrogens with one attached hydrogen (secondary N) is 1. The van der Waals surface area contributed by atoms with E-state index in [0.717, 1.165) is 32.8 Å². The van der Waals surface area contributed by atoms with Gasteiger partial charge in [0, 0.05) is 26.2 Å². The lowest BCUT2D eigenvalue weighted by Gasteiger charge is -2.26. The van der Waals surface area contributed by atoms with E-state index in [1.807, 2.05) is 0 Å². The molecule has 1 N–H and O–H groups in total. The molecule has 2 aliphatic rings. The van der Waals surface area contributed by atoms with Gasteiger partial charge in [-0.1, -0.05) is 0 Å². The molecule has 0 unspecified atom stereocenters. The van der Waals surface area contributed by atoms with Gasteiger partial charge in [0.1, 0.15) is 23.7 Å². The Bertz CT molecular complexity index is 593. The first-order valence-corrected chi connectivity index (χ1v) is 7.13. The fourth-order valence-corrected chi connectivity index (χ4v) is 2.23. The SMILES string of the molecule is N#Cc1cnc(C2=COCO2)nc1NCCN1CCOCC1. The normalized spacial score (nSPS) is 18.0. The Hall–Kier alpha value is -2.37. The van der Waals surface area contributed by atoms with E-state index < -0.39 is 0 Å². The quantitative estimate of drug-likeness (QED) is 0.835. The second kappa shape index (κ2) is 7.06. The highest BCUT2D eigenvalue weighted by Gasteiger charge is 2.16. The van der Waals surface area contributed by atoms with Crippen molar-refractivity contribution in [3.05, 3.63) is 23.8 Å². The van der Waals surface area contributed by atoms with Crippen LogP contribution in [0.25, 0.3) is 5.76 Å². The van der Waals surface area contributed by atoms with E-state index in [9.17, 15) is 0 Å². The van der Waals surface area contributed by atoms with Gasteiger partial charge in [-0.15, -0.1) is 0 Å². The topological polar surface area (TPSA) is 92.5 Å². The number of nitrogens with zero attached hydrogens (tertiary/aromatic N) is 4. The van der Waals surface area contributed by atoms with Gasteiger partial charge in [-0.05, 0) is 0 Å². The lowest BCUT2D eigenvalue weighted by Crippen LogP contribution is -2.39. The fourth-order valence-electron chi connectivity index (χ4n) is 2.23. The smallest absolute Gasteiger partial charge is 0.230 e. The van der Waals surface area contributed by atoms with Crippen LogP contribution in [0.15, 0.2) is 12.5 Å². The number of nitriles is 1. The van der Waals surface area contributed by atoms with Crippen molar-refractivity contribution in [3.63, 3.8) is 0 Å². The number of hydrogen-bond acceptors (Lipinski definition) is 8. The number of hydrogen-bond donors (Lipinski definition) is 1. The van der Waals surface area contributed by atoms with Crippen LogP contribution < -0.4 is 5.32 Å². The molecule has 0 saturated carbocycles. The van der Waals surface area contributed by atoms with Crippen molar-refractivity contribution in [2.45, 2.75) is 0 Å². The summed E-state index contributed by atoms with van der Waals surface area (Å²) in [7, 11) is 0. The first-order chi connectivity index (χ1) is 10.9. The first-order valence-electron chi connectivity index (χ1n) is 7.13. The molecule has 22 heavy (non-hydrogen) atoms. The highest BCUT2D eigenvalue weighted by molar-refractivity contribution is 5.58. The minimum absolute atomic E-state index is 0.165. The van der Waals surface area contributed by atoms with Gasteiger partial charge in [0.15, 0.2) is 5.82 Å². The van der Waals surface area contributed by atoms with Crippen molar-refractivity contribution in [1.82, 2.24) is 14.9 Å². The summed E-state index contributed by atoms with van der Waals surface area (Å²) in [6, 6.07) is 2.09. The van der Waals surface area contributed by atoms with Crippen molar-refractivity contribution in [3.8, 4) is 6.07 Å². The first kappa shape index (κ1) is 14.6. The van der Waals surface area contributed by atoms with Crippen LogP contribution in [-0.2, 0) is 14.2 Å². The minimum Gasteiger partial charge on any atom is -0.461 e. The van der Waals surface area contributed by atoms with Gasteiger partial charge in [-0.25, -0.2) is 9.97 Å². The highest BCUT2D eigenvalue weighted by atomic mass is 16.7. The highest BCUT2D eigenvalue weighted by Crippen LogP contribution is 2.19. The van der Waals surface area contributed by atoms with Crippen molar-refractivity contribution in [2.24, 2.45) is 0 Å². The predicted molar refractivity (Wildman–Crippen MR) is 77.5 cm³/mol. The zero-order valence-electron chi connectivity index (χ0n) is 12.1. The third-order valence-electron chi connectivity index (χ3n) is 3.43. The zero-order valence-corrected chi connectivity index (χ0v) is 12.1. The summed E-state index contributed by atoms with van der Waals surface area (Å²) in [6.07, 6.45) is 2.96. The van der Waals surface area contributed by atoms with Gasteiger partial charge in [-0.3, -0.25) is 4.90 Å². The number of ether oxygens (including phenoxy) is 3. The summed E-state index contributed by atoms with van der Waals surface area (Å²) in [5.74, 6) is 1.39. The summed E-state index contributed by atoms with van der Waals surface area (Å²) in [4.78, 5) is 10.8. The van der Waals surface area contributed by atoms with E-state index in [2.05, 4.69) is 26.3 Å². The van der Waals surface area contributed by atoms with Crippen LogP contribution in [0.2, 0.25) is 0 Å². The van der Waals surface area contributed by atoms with Crippen molar-refractivity contribution >= 4 is 11.6 Å². The molecule has 1 aromatic heterocycles. The fraction of sp³-hybridized carbons (Fsp3) is 0.500. The largest absolute Gasteiger partial charge is 0.461 e. The van der Waals surface area contributed by atoms with Gasteiger partial charge in [0.05, 0.1) is 19.4 Å². The Morgan fingerprint density at radius 2 is 2.23 bits per heavy atom. The molecule has 0 aliphatic carbocycles. The molecule has 3 heterocycles. The second-order valence-corrected chi connectivity index (χ2v) is 4.86. The molecule has 0 atom stereocenters. The molecule has 8 heteroatoms. The van der Waals surface area contributed by atoms with E-state index in [1.54, 1.807) is 0 Å². The third kappa shape index (κ3) is 3.44. The number of aromatic nitrogens is 2. The van der Waals surface area contributed by atoms with Gasteiger partial charge in [0.2, 0.25) is 12.6 Å². The molecule has 3 rings (SSSR count). The average molecular weight is 303 g/mol. The summed E-state index contributed by atoms with van der Waals surface area (Å²) in [5.41, 5.74) is 0.408. The molecule has 2 aliphatic heterocycles. The number of morpholine rings is 1. The maximum atomic E-state index is 9.16. The van der Waals surface area contributed by atoms with E-state index in [0.29, 0.717) is 29.5 Å². The Balaban J connectivity index is 1.63. The van der Waals surface area contributed by atoms with Crippen LogP contribution in [-0.4, -0.2) is 61.1 Å². The van der Waals surface area contributed by atoms with Gasteiger partial charge in [-0.2, -0.15) is 5.26 Å². The molecule has 116 valence electrons. The van der Waals surface area contributed by atoms with Gasteiger partial charge < -0.3 is 19.5 Å². The Kier molecular flexibility index (Phi) is 4.68. The molecule has 0 amide bonds. The van der Waals surface area contributed by atoms with Crippen molar-refractivity contribution in [1.29, 1.82) is 5.26 Å². The van der Waals surface area contributed by atoms with E-state index in [1.165, 1.54) is 12.5 Å². The van der Waals surface area contributed by atoms with Crippen LogP contribution in [0.4, 0.5) is 5.82 Å². The Labute approximate surface area is 128 Å². The minimum atomic E-state index is 0.165. The van der Waals surface area contributed by atoms with Crippen LogP contribution in [0.5, 0.6) is 0 Å². The monoisotopic (exact) mass is 303 g/mol. The van der Waals surface area contributed by atoms with Gasteiger partial charge >= 0.3 is 0 Å². The zero-order chi connectivity index (χ0) is 15.2. The summed E-state index contributed by atoms with van der Waals surface area (Å²) in [5, 5.41) is 12.4. The molecule has 0 aromatic carbocycles. The molecule has 0 bridgehead atoms. The van der Waals surface area contributed by atoms with E-state index >= 15 is 0 Å². The maximum absolute atomic E-state index is 9.16. The molecule has 1 fully saturated rings. The molecular formula is C14H17N5O3. The van der Waals surface area contributed by atoms with Crippen molar-refractivity contribution in [2.75, 3.05) is 51.5 Å². The standard InChI is InChI=1S/C14H17N5O3/c15-7-11-8-17-14(12-9-21-10-22-12)18-13(11)16-1-2-19-3-5-20-6-4-19/h8-9H,1-6,10H2,(H,16,17,18). The molecule has 0 spiro atoms. The van der Waals surface area contributed by atoms with E-state index in [4.69, 9.17) is 19.5 Å². The van der Waals surface area contributed by atoms with Crippen LogP contribution in [0, 0.1) is 11.3 Å². The lowest BCUT2D eigenvalue weighted by molar-refractivity contribution is 0.0398. The average Bonchev–Trinajstić information content (AvgIpc) is 3.10. The summed E-state index contributed by atoms with van der Waals surface area (Å²) >= 11 is 0. The Morgan fingerprint density at radius 3 is 2.95 bits per heavy atom. The van der Waals surface area contributed by atoms with Crippen molar-refractivity contribution < 1.29 is 14.2 Å². The van der Waals surface area contributed by atoms with Crippen LogP contribution >= 0.6 is 0 Å². The molecule has 1 saturated heterocycles. The lowest BCUT2D eigenvalue weighted by atomic mass is 10.3. The van der Waals surface area contributed by atoms with Crippen LogP contribution in [0.3, 0.4) is 0 Å². The molecule has 8 nitrogen and oxygen atoms in total. The third-order valence-corrected chi connectivity index (χ3v) is 3.43. The molecule has 0 radical (unpaired) electrons. The Morgan fingerprint density at radius 1 is 1.36 bits per heavy atom. The van der Waals surface area contributed by atoms with Gasteiger partial charge in [0.25, 0.3) is 0 Å².